The van der Waals surface area contributed by atoms with Gasteiger partial charge in [0.15, 0.2) is 0 Å². The van der Waals surface area contributed by atoms with Crippen molar-refractivity contribution in [1.29, 1.82) is 0 Å². The Morgan fingerprint density at radius 2 is 1.78 bits per heavy atom. The van der Waals surface area contributed by atoms with Crippen molar-refractivity contribution < 1.29 is 17.9 Å². The molecule has 0 aliphatic rings. The van der Waals surface area contributed by atoms with Crippen LogP contribution in [-0.4, -0.2) is 34.2 Å². The number of anilines is 2. The summed E-state index contributed by atoms with van der Waals surface area (Å²) in [5.74, 6) is 0.903. The zero-order valence-electron chi connectivity index (χ0n) is 18.2. The van der Waals surface area contributed by atoms with Crippen molar-refractivity contribution in [1.82, 2.24) is 0 Å². The van der Waals surface area contributed by atoms with Gasteiger partial charge in [0, 0.05) is 22.4 Å². The van der Waals surface area contributed by atoms with Crippen LogP contribution in [0.1, 0.15) is 11.1 Å². The Kier molecular flexibility index (Phi) is 7.82. The number of benzene rings is 3. The highest BCUT2D eigenvalue weighted by atomic mass is 32.2. The van der Waals surface area contributed by atoms with Gasteiger partial charge in [0.05, 0.1) is 19.1 Å². The molecule has 0 aromatic heterocycles. The monoisotopic (exact) mass is 470 g/mol. The van der Waals surface area contributed by atoms with Crippen LogP contribution in [0.5, 0.6) is 5.75 Å². The van der Waals surface area contributed by atoms with Crippen LogP contribution in [0, 0.1) is 6.92 Å². The first kappa shape index (κ1) is 23.7. The van der Waals surface area contributed by atoms with Gasteiger partial charge >= 0.3 is 0 Å². The van der Waals surface area contributed by atoms with E-state index in [9.17, 15) is 13.2 Å². The minimum atomic E-state index is -3.67. The lowest BCUT2D eigenvalue weighted by atomic mass is 10.1. The van der Waals surface area contributed by atoms with Crippen LogP contribution in [0.25, 0.3) is 0 Å². The molecule has 0 fully saturated rings. The first-order valence-electron chi connectivity index (χ1n) is 9.95. The predicted molar refractivity (Wildman–Crippen MR) is 131 cm³/mol. The van der Waals surface area contributed by atoms with Crippen LogP contribution in [-0.2, 0) is 20.6 Å². The van der Waals surface area contributed by atoms with Crippen molar-refractivity contribution in [3.8, 4) is 5.75 Å². The standard InChI is InChI=1S/C24H26N2O4S2/c1-18-14-19(17-31-22-10-5-4-6-11-22)12-13-23(18)25-24(27)16-26(32(3,28)29)20-8-7-9-21(15-20)30-2/h4-15H,16-17H2,1-3H3,(H,25,27). The first-order chi connectivity index (χ1) is 15.3. The molecule has 32 heavy (non-hydrogen) atoms. The highest BCUT2D eigenvalue weighted by molar-refractivity contribution is 7.98. The molecule has 0 atom stereocenters. The van der Waals surface area contributed by atoms with Crippen LogP contribution in [0.2, 0.25) is 0 Å². The number of carbonyl (C=O) groups excluding carboxylic acids is 1. The summed E-state index contributed by atoms with van der Waals surface area (Å²) in [4.78, 5) is 13.9. The first-order valence-corrected chi connectivity index (χ1v) is 12.8. The molecule has 0 aliphatic heterocycles. The van der Waals surface area contributed by atoms with E-state index in [1.807, 2.05) is 43.3 Å². The zero-order valence-corrected chi connectivity index (χ0v) is 19.9. The van der Waals surface area contributed by atoms with Crippen LogP contribution in [0.3, 0.4) is 0 Å². The topological polar surface area (TPSA) is 75.7 Å². The van der Waals surface area contributed by atoms with Gasteiger partial charge in [-0.3, -0.25) is 9.10 Å². The minimum absolute atomic E-state index is 0.336. The highest BCUT2D eigenvalue weighted by Crippen LogP contribution is 2.26. The molecule has 1 amide bonds. The van der Waals surface area contributed by atoms with Crippen molar-refractivity contribution in [3.63, 3.8) is 0 Å². The predicted octanol–water partition coefficient (Wildman–Crippen LogP) is 4.70. The fourth-order valence-electron chi connectivity index (χ4n) is 3.12. The molecule has 0 heterocycles. The summed E-state index contributed by atoms with van der Waals surface area (Å²) in [6.07, 6.45) is 1.07. The molecule has 3 aromatic rings. The molecule has 0 saturated heterocycles. The highest BCUT2D eigenvalue weighted by Gasteiger charge is 2.21. The summed E-state index contributed by atoms with van der Waals surface area (Å²) in [5, 5.41) is 2.83. The molecule has 0 spiro atoms. The van der Waals surface area contributed by atoms with E-state index >= 15 is 0 Å². The Morgan fingerprint density at radius 3 is 2.44 bits per heavy atom. The van der Waals surface area contributed by atoms with Crippen molar-refractivity contribution in [3.05, 3.63) is 83.9 Å². The summed E-state index contributed by atoms with van der Waals surface area (Å²) < 4.78 is 30.9. The van der Waals surface area contributed by atoms with Gasteiger partial charge in [-0.25, -0.2) is 8.42 Å². The molecular weight excluding hydrogens is 444 g/mol. The average molecular weight is 471 g/mol. The lowest BCUT2D eigenvalue weighted by Crippen LogP contribution is -2.37. The van der Waals surface area contributed by atoms with E-state index in [1.165, 1.54) is 12.0 Å². The van der Waals surface area contributed by atoms with Gasteiger partial charge in [-0.05, 0) is 48.4 Å². The van der Waals surface area contributed by atoms with Gasteiger partial charge in [-0.2, -0.15) is 0 Å². The maximum absolute atomic E-state index is 12.7. The number of thioether (sulfide) groups is 1. The van der Waals surface area contributed by atoms with Gasteiger partial charge in [-0.1, -0.05) is 36.4 Å². The molecule has 0 saturated carbocycles. The lowest BCUT2D eigenvalue weighted by molar-refractivity contribution is -0.114. The van der Waals surface area contributed by atoms with Gasteiger partial charge < -0.3 is 10.1 Å². The zero-order chi connectivity index (χ0) is 23.1. The average Bonchev–Trinajstić information content (AvgIpc) is 2.77. The minimum Gasteiger partial charge on any atom is -0.497 e. The van der Waals surface area contributed by atoms with Crippen molar-refractivity contribution in [2.45, 2.75) is 17.6 Å². The van der Waals surface area contributed by atoms with Crippen LogP contribution < -0.4 is 14.4 Å². The molecule has 0 aliphatic carbocycles. The number of hydrogen-bond acceptors (Lipinski definition) is 5. The number of ether oxygens (including phenoxy) is 1. The molecule has 1 N–H and O–H groups in total. The van der Waals surface area contributed by atoms with Crippen LogP contribution >= 0.6 is 11.8 Å². The fourth-order valence-corrected chi connectivity index (χ4v) is 4.84. The lowest BCUT2D eigenvalue weighted by Gasteiger charge is -2.22. The number of carbonyl (C=O) groups is 1. The van der Waals surface area contributed by atoms with Crippen molar-refractivity contribution in [2.75, 3.05) is 29.5 Å². The van der Waals surface area contributed by atoms with Crippen molar-refractivity contribution in [2.24, 2.45) is 0 Å². The summed E-state index contributed by atoms with van der Waals surface area (Å²) >= 11 is 1.74. The summed E-state index contributed by atoms with van der Waals surface area (Å²) in [6.45, 7) is 1.58. The van der Waals surface area contributed by atoms with E-state index in [2.05, 4.69) is 17.4 Å². The molecule has 3 aromatic carbocycles. The quantitative estimate of drug-likeness (QED) is 0.459. The van der Waals surface area contributed by atoms with E-state index in [4.69, 9.17) is 4.74 Å². The van der Waals surface area contributed by atoms with Gasteiger partial charge in [0.2, 0.25) is 15.9 Å². The van der Waals surface area contributed by atoms with Crippen LogP contribution in [0.15, 0.2) is 77.7 Å². The Balaban J connectivity index is 1.68. The van der Waals surface area contributed by atoms with E-state index in [1.54, 1.807) is 36.0 Å². The molecule has 3 rings (SSSR count). The van der Waals surface area contributed by atoms with Crippen LogP contribution in [0.4, 0.5) is 11.4 Å². The number of sulfonamides is 1. The van der Waals surface area contributed by atoms with E-state index in [-0.39, 0.29) is 6.54 Å². The number of methoxy groups -OCH3 is 1. The number of hydrogen-bond donors (Lipinski definition) is 1. The van der Waals surface area contributed by atoms with Gasteiger partial charge in [0.1, 0.15) is 12.3 Å². The molecule has 0 unspecified atom stereocenters. The second kappa shape index (κ2) is 10.6. The number of nitrogens with zero attached hydrogens (tertiary/aromatic N) is 1. The van der Waals surface area contributed by atoms with Crippen molar-refractivity contribution >= 4 is 39.1 Å². The SMILES string of the molecule is COc1cccc(N(CC(=O)Nc2ccc(CSc3ccccc3)cc2C)S(C)(=O)=O)c1. The third-order valence-corrected chi connectivity index (χ3v) is 6.97. The number of amides is 1. The second-order valence-corrected chi connectivity index (χ2v) is 10.2. The Labute approximate surface area is 193 Å². The summed E-state index contributed by atoms with van der Waals surface area (Å²) in [6, 6.07) is 22.6. The summed E-state index contributed by atoms with van der Waals surface area (Å²) in [7, 11) is -2.17. The van der Waals surface area contributed by atoms with E-state index < -0.39 is 15.9 Å². The molecule has 168 valence electrons. The van der Waals surface area contributed by atoms with Gasteiger partial charge in [-0.15, -0.1) is 11.8 Å². The Morgan fingerprint density at radius 1 is 1.03 bits per heavy atom. The molecule has 6 nitrogen and oxygen atoms in total. The third kappa shape index (κ3) is 6.51. The van der Waals surface area contributed by atoms with E-state index in [0.717, 1.165) is 27.4 Å². The smallest absolute Gasteiger partial charge is 0.245 e. The second-order valence-electron chi connectivity index (χ2n) is 7.27. The normalized spacial score (nSPS) is 11.1. The summed E-state index contributed by atoms with van der Waals surface area (Å²) in [5.41, 5.74) is 3.08. The Bertz CT molecular complexity index is 1180. The molecule has 0 radical (unpaired) electrons. The fraction of sp³-hybridized carbons (Fsp3) is 0.208. The largest absolute Gasteiger partial charge is 0.497 e. The Hall–Kier alpha value is -2.97. The molecule has 0 bridgehead atoms. The maximum Gasteiger partial charge on any atom is 0.245 e. The maximum atomic E-state index is 12.7. The molecule has 8 heteroatoms. The molecular formula is C24H26N2O4S2. The third-order valence-electron chi connectivity index (χ3n) is 4.74. The number of nitrogens with one attached hydrogen (secondary N) is 1. The number of rotatable bonds is 9. The van der Waals surface area contributed by atoms with Gasteiger partial charge in [0.25, 0.3) is 0 Å². The number of aryl methyl sites for hydroxylation is 1. The van der Waals surface area contributed by atoms with E-state index in [0.29, 0.717) is 17.1 Å².